The molecule has 1 aliphatic heterocycles. The second kappa shape index (κ2) is 8.56. The van der Waals surface area contributed by atoms with Crippen molar-refractivity contribution >= 4 is 23.4 Å². The first-order valence-electron chi connectivity index (χ1n) is 9.14. The number of aryl methyl sites for hydroxylation is 2. The van der Waals surface area contributed by atoms with Crippen LogP contribution in [0, 0.1) is 13.8 Å². The van der Waals surface area contributed by atoms with E-state index in [0.717, 1.165) is 17.5 Å². The molecule has 0 unspecified atom stereocenters. The smallest absolute Gasteiger partial charge is 0.276 e. The molecule has 3 rings (SSSR count). The fraction of sp³-hybridized carbons (Fsp3) is 0.286. The van der Waals surface area contributed by atoms with Crippen molar-refractivity contribution in [1.29, 1.82) is 0 Å². The molecular weight excluding hydrogens is 358 g/mol. The Morgan fingerprint density at radius 3 is 2.46 bits per heavy atom. The number of para-hydroxylation sites is 1. The van der Waals surface area contributed by atoms with Crippen LogP contribution in [0.25, 0.3) is 0 Å². The molecule has 2 aromatic carbocycles. The minimum Gasteiger partial charge on any atom is -0.483 e. The maximum absolute atomic E-state index is 12.3. The number of hydrazine groups is 1. The Kier molecular flexibility index (Phi) is 5.93. The maximum atomic E-state index is 12.3. The number of benzene rings is 2. The van der Waals surface area contributed by atoms with E-state index < -0.39 is 11.8 Å². The fourth-order valence-electron chi connectivity index (χ4n) is 3.14. The molecule has 1 fully saturated rings. The van der Waals surface area contributed by atoms with E-state index in [1.54, 1.807) is 29.2 Å². The summed E-state index contributed by atoms with van der Waals surface area (Å²) in [5, 5.41) is 0. The summed E-state index contributed by atoms with van der Waals surface area (Å²) in [7, 11) is 0. The van der Waals surface area contributed by atoms with Crippen molar-refractivity contribution in [2.24, 2.45) is 0 Å². The van der Waals surface area contributed by atoms with Gasteiger partial charge in [0.05, 0.1) is 0 Å². The quantitative estimate of drug-likeness (QED) is 0.778. The minimum absolute atomic E-state index is 0.0505. The topological polar surface area (TPSA) is 87.7 Å². The number of hydrogen-bond acceptors (Lipinski definition) is 4. The number of rotatable bonds is 5. The zero-order valence-corrected chi connectivity index (χ0v) is 16.0. The summed E-state index contributed by atoms with van der Waals surface area (Å²) >= 11 is 0. The summed E-state index contributed by atoms with van der Waals surface area (Å²) in [5.74, 6) is -0.225. The second-order valence-electron chi connectivity index (χ2n) is 6.71. The van der Waals surface area contributed by atoms with Gasteiger partial charge in [-0.15, -0.1) is 0 Å². The Morgan fingerprint density at radius 2 is 1.79 bits per heavy atom. The first-order valence-corrected chi connectivity index (χ1v) is 9.14. The normalized spacial score (nSPS) is 13.4. The molecule has 1 heterocycles. The summed E-state index contributed by atoms with van der Waals surface area (Å²) in [6, 6.07) is 12.5. The summed E-state index contributed by atoms with van der Waals surface area (Å²) in [5.41, 5.74) is 7.62. The maximum Gasteiger partial charge on any atom is 0.276 e. The Labute approximate surface area is 163 Å². The summed E-state index contributed by atoms with van der Waals surface area (Å²) < 4.78 is 5.56. The predicted molar refractivity (Wildman–Crippen MR) is 105 cm³/mol. The van der Waals surface area contributed by atoms with Crippen LogP contribution >= 0.6 is 0 Å². The van der Waals surface area contributed by atoms with E-state index in [2.05, 4.69) is 10.9 Å². The number of carbonyl (C=O) groups is 3. The van der Waals surface area contributed by atoms with Crippen LogP contribution in [0.2, 0.25) is 0 Å². The lowest BCUT2D eigenvalue weighted by atomic mass is 10.1. The lowest BCUT2D eigenvalue weighted by molar-refractivity contribution is -0.123. The highest BCUT2D eigenvalue weighted by atomic mass is 16.5. The first kappa shape index (κ1) is 19.4. The number of hydrogen-bond donors (Lipinski definition) is 2. The number of nitrogens with one attached hydrogen (secondary N) is 2. The fourth-order valence-corrected chi connectivity index (χ4v) is 3.14. The number of anilines is 1. The van der Waals surface area contributed by atoms with Gasteiger partial charge in [0.25, 0.3) is 11.8 Å². The second-order valence-corrected chi connectivity index (χ2v) is 6.71. The summed E-state index contributed by atoms with van der Waals surface area (Å²) in [4.78, 5) is 37.8. The Bertz CT molecular complexity index is 890. The largest absolute Gasteiger partial charge is 0.483 e. The molecule has 0 spiro atoms. The van der Waals surface area contributed by atoms with Crippen LogP contribution in [-0.4, -0.2) is 30.9 Å². The lowest BCUT2D eigenvalue weighted by Crippen LogP contribution is -2.43. The third-order valence-corrected chi connectivity index (χ3v) is 4.57. The zero-order valence-electron chi connectivity index (χ0n) is 16.0. The zero-order chi connectivity index (χ0) is 20.1. The van der Waals surface area contributed by atoms with Gasteiger partial charge >= 0.3 is 0 Å². The average Bonchev–Trinajstić information content (AvgIpc) is 3.11. The van der Waals surface area contributed by atoms with E-state index in [0.29, 0.717) is 30.0 Å². The van der Waals surface area contributed by atoms with E-state index >= 15 is 0 Å². The van der Waals surface area contributed by atoms with Crippen molar-refractivity contribution in [1.82, 2.24) is 10.9 Å². The lowest BCUT2D eigenvalue weighted by Gasteiger charge is -2.16. The minimum atomic E-state index is -0.470. The van der Waals surface area contributed by atoms with Crippen LogP contribution in [0.4, 0.5) is 5.69 Å². The van der Waals surface area contributed by atoms with E-state index in [1.165, 1.54) is 0 Å². The van der Waals surface area contributed by atoms with Crippen molar-refractivity contribution in [3.63, 3.8) is 0 Å². The molecule has 2 aromatic rings. The van der Waals surface area contributed by atoms with Gasteiger partial charge < -0.3 is 9.64 Å². The van der Waals surface area contributed by atoms with Gasteiger partial charge in [0.2, 0.25) is 5.91 Å². The molecular formula is C21H23N3O4. The van der Waals surface area contributed by atoms with E-state index in [1.807, 2.05) is 32.0 Å². The van der Waals surface area contributed by atoms with Crippen molar-refractivity contribution in [2.75, 3.05) is 18.1 Å². The molecule has 0 saturated carbocycles. The molecule has 1 aliphatic rings. The van der Waals surface area contributed by atoms with Gasteiger partial charge in [0.1, 0.15) is 5.75 Å². The molecule has 7 nitrogen and oxygen atoms in total. The van der Waals surface area contributed by atoms with Gasteiger partial charge in [0.15, 0.2) is 6.61 Å². The van der Waals surface area contributed by atoms with Gasteiger partial charge in [-0.1, -0.05) is 24.3 Å². The number of nitrogens with zero attached hydrogens (tertiary/aromatic N) is 1. The summed E-state index contributed by atoms with van der Waals surface area (Å²) in [6.45, 7) is 4.24. The Morgan fingerprint density at radius 1 is 1.07 bits per heavy atom. The van der Waals surface area contributed by atoms with Gasteiger partial charge in [-0.3, -0.25) is 25.2 Å². The van der Waals surface area contributed by atoms with Crippen LogP contribution in [-0.2, 0) is 9.59 Å². The molecule has 0 bridgehead atoms. The van der Waals surface area contributed by atoms with E-state index in [-0.39, 0.29) is 12.5 Å². The number of ether oxygens (including phenoxy) is 1. The molecule has 7 heteroatoms. The predicted octanol–water partition coefficient (Wildman–Crippen LogP) is 2.27. The van der Waals surface area contributed by atoms with Crippen molar-refractivity contribution in [3.05, 3.63) is 59.2 Å². The molecule has 146 valence electrons. The van der Waals surface area contributed by atoms with Crippen LogP contribution < -0.4 is 20.5 Å². The molecule has 0 aromatic heterocycles. The van der Waals surface area contributed by atoms with Gasteiger partial charge in [-0.25, -0.2) is 0 Å². The van der Waals surface area contributed by atoms with Gasteiger partial charge in [0, 0.05) is 24.2 Å². The van der Waals surface area contributed by atoms with E-state index in [9.17, 15) is 14.4 Å². The Balaban J connectivity index is 1.54. The highest BCUT2D eigenvalue weighted by Crippen LogP contribution is 2.23. The molecule has 28 heavy (non-hydrogen) atoms. The molecule has 0 radical (unpaired) electrons. The van der Waals surface area contributed by atoms with Crippen LogP contribution in [0.5, 0.6) is 5.75 Å². The van der Waals surface area contributed by atoms with E-state index in [4.69, 9.17) is 4.74 Å². The highest BCUT2D eigenvalue weighted by molar-refractivity contribution is 5.99. The van der Waals surface area contributed by atoms with Crippen molar-refractivity contribution in [2.45, 2.75) is 26.7 Å². The van der Waals surface area contributed by atoms with Crippen LogP contribution in [0.1, 0.15) is 34.3 Å². The van der Waals surface area contributed by atoms with Crippen molar-refractivity contribution < 1.29 is 19.1 Å². The average molecular weight is 381 g/mol. The number of amides is 3. The third kappa shape index (κ3) is 4.49. The molecule has 2 N–H and O–H groups in total. The summed E-state index contributed by atoms with van der Waals surface area (Å²) in [6.07, 6.45) is 1.33. The SMILES string of the molecule is Cc1cccc(C)c1OCC(=O)NNC(=O)c1cccc(N2CCCC2=O)c1. The molecule has 3 amide bonds. The van der Waals surface area contributed by atoms with Gasteiger partial charge in [-0.05, 0) is 49.6 Å². The standard InChI is InChI=1S/C21H23N3O4/c1-14-6-3-7-15(2)20(14)28-13-18(25)22-23-21(27)16-8-4-9-17(12-16)24-11-5-10-19(24)26/h3-4,6-9,12H,5,10-11,13H2,1-2H3,(H,22,25)(H,23,27). The van der Waals surface area contributed by atoms with Crippen LogP contribution in [0.15, 0.2) is 42.5 Å². The van der Waals surface area contributed by atoms with Crippen molar-refractivity contribution in [3.8, 4) is 5.75 Å². The number of carbonyl (C=O) groups excluding carboxylic acids is 3. The third-order valence-electron chi connectivity index (χ3n) is 4.57. The highest BCUT2D eigenvalue weighted by Gasteiger charge is 2.22. The molecule has 0 atom stereocenters. The molecule has 0 aliphatic carbocycles. The monoisotopic (exact) mass is 381 g/mol. The first-order chi connectivity index (χ1) is 13.5. The van der Waals surface area contributed by atoms with Gasteiger partial charge in [-0.2, -0.15) is 0 Å². The molecule has 1 saturated heterocycles. The Hall–Kier alpha value is -3.35. The van der Waals surface area contributed by atoms with Crippen LogP contribution in [0.3, 0.4) is 0 Å².